The lowest BCUT2D eigenvalue weighted by Gasteiger charge is -2.47. The Kier molecular flexibility index (Phi) is 6.33. The van der Waals surface area contributed by atoms with Crippen LogP contribution in [0.3, 0.4) is 0 Å². The van der Waals surface area contributed by atoms with Crippen molar-refractivity contribution in [3.63, 3.8) is 0 Å². The van der Waals surface area contributed by atoms with Gasteiger partial charge in [-0.2, -0.15) is 0 Å². The van der Waals surface area contributed by atoms with Gasteiger partial charge in [-0.15, -0.1) is 0 Å². The summed E-state index contributed by atoms with van der Waals surface area (Å²) in [6.45, 7) is 3.03. The number of aliphatic hydroxyl groups excluding tert-OH is 1. The Morgan fingerprint density at radius 1 is 1.03 bits per heavy atom. The number of rotatable bonds is 5. The van der Waals surface area contributed by atoms with Gasteiger partial charge in [0.1, 0.15) is 30.1 Å². The first-order valence-corrected chi connectivity index (χ1v) is 10.1. The summed E-state index contributed by atoms with van der Waals surface area (Å²) in [4.78, 5) is 23.3. The van der Waals surface area contributed by atoms with Crippen LogP contribution in [0.4, 0.5) is 0 Å². The Bertz CT molecular complexity index is 917. The first kappa shape index (κ1) is 21.5. The molecule has 2 heterocycles. The van der Waals surface area contributed by atoms with Gasteiger partial charge in [-0.3, -0.25) is 9.59 Å². The second-order valence-electron chi connectivity index (χ2n) is 7.63. The first-order valence-electron chi connectivity index (χ1n) is 10.1. The van der Waals surface area contributed by atoms with E-state index in [0.717, 1.165) is 5.56 Å². The van der Waals surface area contributed by atoms with E-state index in [2.05, 4.69) is 5.32 Å². The molecule has 0 bridgehead atoms. The lowest BCUT2D eigenvalue weighted by molar-refractivity contribution is -0.333. The molecule has 8 heteroatoms. The molecule has 6 atom stereocenters. The van der Waals surface area contributed by atoms with Crippen molar-refractivity contribution in [1.29, 1.82) is 0 Å². The van der Waals surface area contributed by atoms with Crippen molar-refractivity contribution in [2.45, 2.75) is 50.8 Å². The van der Waals surface area contributed by atoms with Gasteiger partial charge in [0.15, 0.2) is 12.1 Å². The number of ether oxygens (including phenoxy) is 4. The number of Topliss-reactive ketones (excluding diaryl/α,β-unsaturated/α-hetero) is 1. The summed E-state index contributed by atoms with van der Waals surface area (Å²) in [6, 6.07) is 15.1. The molecule has 0 spiro atoms. The quantitative estimate of drug-likeness (QED) is 0.703. The van der Waals surface area contributed by atoms with Crippen LogP contribution in [0.1, 0.15) is 36.1 Å². The molecule has 2 aromatic rings. The van der Waals surface area contributed by atoms with E-state index < -0.39 is 36.9 Å². The van der Waals surface area contributed by atoms with Crippen molar-refractivity contribution >= 4 is 11.7 Å². The molecule has 1 amide bonds. The third-order valence-corrected chi connectivity index (χ3v) is 5.32. The van der Waals surface area contributed by atoms with Crippen LogP contribution < -0.4 is 10.1 Å². The van der Waals surface area contributed by atoms with Crippen molar-refractivity contribution in [1.82, 2.24) is 5.32 Å². The van der Waals surface area contributed by atoms with Gasteiger partial charge in [0, 0.05) is 18.1 Å². The number of benzene rings is 2. The van der Waals surface area contributed by atoms with Crippen LogP contribution in [0.2, 0.25) is 0 Å². The minimum absolute atomic E-state index is 0.0562. The highest BCUT2D eigenvalue weighted by Crippen LogP contribution is 2.34. The molecular formula is C23H25NO7. The van der Waals surface area contributed by atoms with Crippen molar-refractivity contribution in [3.8, 4) is 5.75 Å². The standard InChI is InChI=1S/C23H25NO7/c1-13(25)15-8-10-17(11-9-15)29-23-19(24-14(2)26)20(27)21-18(30-23)12-28-22(31-21)16-6-4-3-5-7-16/h3-11,18-23,27H,12H2,1-2H3,(H,24,26)/t18-,19-,20-,21+,22-,23+/m1/s1. The summed E-state index contributed by atoms with van der Waals surface area (Å²) in [6.07, 6.45) is -3.99. The van der Waals surface area contributed by atoms with E-state index >= 15 is 0 Å². The maximum atomic E-state index is 11.8. The van der Waals surface area contributed by atoms with E-state index in [1.807, 2.05) is 30.3 Å². The van der Waals surface area contributed by atoms with Crippen LogP contribution in [0.15, 0.2) is 54.6 Å². The Morgan fingerprint density at radius 2 is 1.74 bits per heavy atom. The number of nitrogens with one attached hydrogen (secondary N) is 1. The summed E-state index contributed by atoms with van der Waals surface area (Å²) >= 11 is 0. The van der Waals surface area contributed by atoms with E-state index in [4.69, 9.17) is 18.9 Å². The number of amides is 1. The Labute approximate surface area is 180 Å². The number of fused-ring (bicyclic) bond motifs is 1. The summed E-state index contributed by atoms with van der Waals surface area (Å²) < 4.78 is 23.7. The van der Waals surface area contributed by atoms with Gasteiger partial charge >= 0.3 is 0 Å². The summed E-state index contributed by atoms with van der Waals surface area (Å²) in [7, 11) is 0. The Balaban J connectivity index is 1.52. The predicted octanol–water partition coefficient (Wildman–Crippen LogP) is 1.97. The Hall–Kier alpha value is -2.78. The lowest BCUT2D eigenvalue weighted by Crippen LogP contribution is -2.67. The van der Waals surface area contributed by atoms with Gasteiger partial charge in [0.2, 0.25) is 12.2 Å². The average molecular weight is 427 g/mol. The third kappa shape index (κ3) is 4.77. The Morgan fingerprint density at radius 3 is 2.39 bits per heavy atom. The average Bonchev–Trinajstić information content (AvgIpc) is 2.77. The highest BCUT2D eigenvalue weighted by atomic mass is 16.7. The highest BCUT2D eigenvalue weighted by molar-refractivity contribution is 5.94. The predicted molar refractivity (Wildman–Crippen MR) is 109 cm³/mol. The van der Waals surface area contributed by atoms with Crippen LogP contribution in [-0.4, -0.2) is 54.0 Å². The largest absolute Gasteiger partial charge is 0.463 e. The summed E-state index contributed by atoms with van der Waals surface area (Å²) in [5.74, 6) is 0.0495. The minimum Gasteiger partial charge on any atom is -0.463 e. The van der Waals surface area contributed by atoms with Gasteiger partial charge in [-0.05, 0) is 31.2 Å². The fourth-order valence-electron chi connectivity index (χ4n) is 3.76. The molecule has 2 aliphatic heterocycles. The van der Waals surface area contributed by atoms with Crippen molar-refractivity contribution < 1.29 is 33.6 Å². The summed E-state index contributed by atoms with van der Waals surface area (Å²) in [5, 5.41) is 13.7. The number of hydrogen-bond acceptors (Lipinski definition) is 7. The zero-order valence-electron chi connectivity index (χ0n) is 17.3. The van der Waals surface area contributed by atoms with Gasteiger partial charge in [0.25, 0.3) is 0 Å². The molecule has 0 unspecified atom stereocenters. The zero-order valence-corrected chi connectivity index (χ0v) is 17.3. The molecule has 0 aliphatic carbocycles. The van der Waals surface area contributed by atoms with Crippen molar-refractivity contribution in [2.24, 2.45) is 0 Å². The van der Waals surface area contributed by atoms with Crippen molar-refractivity contribution in [2.75, 3.05) is 6.61 Å². The third-order valence-electron chi connectivity index (χ3n) is 5.32. The SMILES string of the molecule is CC(=O)N[C@H]1[C@@H](Oc2ccc(C(C)=O)cc2)O[C@@H]2CO[C@@H](c3ccccc3)O[C@@H]2[C@@H]1O. The number of hydrogen-bond donors (Lipinski definition) is 2. The van der Waals surface area contributed by atoms with E-state index in [9.17, 15) is 14.7 Å². The number of carbonyl (C=O) groups is 2. The fourth-order valence-corrected chi connectivity index (χ4v) is 3.76. The maximum Gasteiger partial charge on any atom is 0.223 e. The second-order valence-corrected chi connectivity index (χ2v) is 7.63. The zero-order chi connectivity index (χ0) is 22.0. The topological polar surface area (TPSA) is 103 Å². The molecule has 4 rings (SSSR count). The molecule has 0 aromatic heterocycles. The van der Waals surface area contributed by atoms with E-state index in [1.165, 1.54) is 13.8 Å². The monoisotopic (exact) mass is 427 g/mol. The van der Waals surface area contributed by atoms with Crippen LogP contribution in [0.5, 0.6) is 5.75 Å². The minimum atomic E-state index is -1.08. The molecular weight excluding hydrogens is 402 g/mol. The fraction of sp³-hybridized carbons (Fsp3) is 0.391. The number of carbonyl (C=O) groups excluding carboxylic acids is 2. The summed E-state index contributed by atoms with van der Waals surface area (Å²) in [5.41, 5.74) is 1.38. The smallest absolute Gasteiger partial charge is 0.223 e. The molecule has 31 heavy (non-hydrogen) atoms. The van der Waals surface area contributed by atoms with E-state index in [0.29, 0.717) is 11.3 Å². The highest BCUT2D eigenvalue weighted by Gasteiger charge is 2.50. The molecule has 8 nitrogen and oxygen atoms in total. The molecule has 2 aliphatic rings. The molecule has 2 N–H and O–H groups in total. The molecule has 0 saturated carbocycles. The van der Waals surface area contributed by atoms with Crippen LogP contribution in [0, 0.1) is 0 Å². The van der Waals surface area contributed by atoms with Gasteiger partial charge in [0.05, 0.1) is 6.61 Å². The van der Waals surface area contributed by atoms with E-state index in [1.54, 1.807) is 24.3 Å². The maximum absolute atomic E-state index is 11.8. The lowest BCUT2D eigenvalue weighted by atomic mass is 9.95. The normalized spacial score (nSPS) is 30.2. The van der Waals surface area contributed by atoms with Crippen LogP contribution in [0.25, 0.3) is 0 Å². The van der Waals surface area contributed by atoms with Gasteiger partial charge in [-0.25, -0.2) is 0 Å². The van der Waals surface area contributed by atoms with E-state index in [-0.39, 0.29) is 18.3 Å². The second kappa shape index (κ2) is 9.15. The van der Waals surface area contributed by atoms with Crippen molar-refractivity contribution in [3.05, 3.63) is 65.7 Å². The molecule has 2 aromatic carbocycles. The molecule has 2 saturated heterocycles. The van der Waals surface area contributed by atoms with Gasteiger partial charge in [-0.1, -0.05) is 30.3 Å². The molecule has 2 fully saturated rings. The first-order chi connectivity index (χ1) is 14.9. The molecule has 0 radical (unpaired) electrons. The van der Waals surface area contributed by atoms with Crippen LogP contribution >= 0.6 is 0 Å². The van der Waals surface area contributed by atoms with Crippen LogP contribution in [-0.2, 0) is 19.0 Å². The number of ketones is 1. The number of aliphatic hydroxyl groups is 1. The van der Waals surface area contributed by atoms with Gasteiger partial charge < -0.3 is 29.4 Å². The molecule has 164 valence electrons.